The highest BCUT2D eigenvalue weighted by atomic mass is 16.3. The summed E-state index contributed by atoms with van der Waals surface area (Å²) in [6, 6.07) is 12.8. The fourth-order valence-corrected chi connectivity index (χ4v) is 2.52. The van der Waals surface area contributed by atoms with Crippen molar-refractivity contribution in [2.45, 2.75) is 25.9 Å². The van der Waals surface area contributed by atoms with Crippen LogP contribution in [0.1, 0.15) is 29.4 Å². The number of aromatic nitrogens is 1. The molecule has 2 rings (SSSR count). The van der Waals surface area contributed by atoms with Crippen molar-refractivity contribution in [3.05, 3.63) is 59.9 Å². The lowest BCUT2D eigenvalue weighted by atomic mass is 10.1. The van der Waals surface area contributed by atoms with Crippen LogP contribution in [-0.4, -0.2) is 40.6 Å². The van der Waals surface area contributed by atoms with Crippen molar-refractivity contribution in [1.82, 2.24) is 9.88 Å². The molecule has 0 bridgehead atoms. The van der Waals surface area contributed by atoms with Crippen LogP contribution in [0.25, 0.3) is 0 Å². The van der Waals surface area contributed by atoms with Gasteiger partial charge in [0.05, 0.1) is 30.5 Å². The van der Waals surface area contributed by atoms with Crippen LogP contribution in [0.15, 0.2) is 48.7 Å². The highest BCUT2D eigenvalue weighted by Crippen LogP contribution is 2.20. The molecule has 0 saturated carbocycles. The van der Waals surface area contributed by atoms with E-state index in [1.54, 1.807) is 24.2 Å². The molecule has 1 aromatic heterocycles. The smallest absolute Gasteiger partial charge is 0.256 e. The zero-order valence-electron chi connectivity index (χ0n) is 13.6. The van der Waals surface area contributed by atoms with Gasteiger partial charge < -0.3 is 15.3 Å². The summed E-state index contributed by atoms with van der Waals surface area (Å²) in [6.45, 7) is 2.26. The van der Waals surface area contributed by atoms with E-state index in [0.717, 1.165) is 11.4 Å². The van der Waals surface area contributed by atoms with Gasteiger partial charge >= 0.3 is 0 Å². The second kappa shape index (κ2) is 8.29. The molecule has 2 aromatic rings. The average molecular weight is 313 g/mol. The zero-order valence-corrected chi connectivity index (χ0v) is 13.6. The van der Waals surface area contributed by atoms with E-state index in [2.05, 4.69) is 10.3 Å². The summed E-state index contributed by atoms with van der Waals surface area (Å²) in [5.41, 5.74) is 2.17. The molecular weight excluding hydrogens is 290 g/mol. The van der Waals surface area contributed by atoms with E-state index in [-0.39, 0.29) is 18.6 Å². The van der Waals surface area contributed by atoms with Gasteiger partial charge in [0.25, 0.3) is 5.91 Å². The predicted octanol–water partition coefficient (Wildman–Crippen LogP) is 2.54. The molecule has 5 nitrogen and oxygen atoms in total. The van der Waals surface area contributed by atoms with E-state index in [1.165, 1.54) is 0 Å². The average Bonchev–Trinajstić information content (AvgIpc) is 2.62. The Morgan fingerprint density at radius 3 is 2.61 bits per heavy atom. The Bertz CT molecular complexity index is 627. The normalized spacial score (nSPS) is 11.8. The number of aliphatic hydroxyl groups is 1. The lowest BCUT2D eigenvalue weighted by Crippen LogP contribution is -2.42. The maximum Gasteiger partial charge on any atom is 0.256 e. The largest absolute Gasteiger partial charge is 0.394 e. The van der Waals surface area contributed by atoms with Gasteiger partial charge in [-0.05, 0) is 30.7 Å². The molecule has 1 atom stereocenters. The fourth-order valence-electron chi connectivity index (χ4n) is 2.52. The van der Waals surface area contributed by atoms with Crippen LogP contribution < -0.4 is 5.32 Å². The first-order valence-corrected chi connectivity index (χ1v) is 7.79. The number of anilines is 1. The number of hydrogen-bond acceptors (Lipinski definition) is 4. The molecule has 0 fully saturated rings. The number of benzene rings is 1. The number of hydrogen-bond donors (Lipinski definition) is 2. The number of aliphatic hydroxyl groups excluding tert-OH is 1. The molecule has 0 saturated heterocycles. The van der Waals surface area contributed by atoms with Gasteiger partial charge in [-0.1, -0.05) is 25.1 Å². The summed E-state index contributed by atoms with van der Waals surface area (Å²) in [5, 5.41) is 12.7. The van der Waals surface area contributed by atoms with Crippen molar-refractivity contribution in [1.29, 1.82) is 0 Å². The van der Waals surface area contributed by atoms with Crippen LogP contribution in [0.5, 0.6) is 0 Å². The van der Waals surface area contributed by atoms with Gasteiger partial charge in [-0.25, -0.2) is 0 Å². The van der Waals surface area contributed by atoms with E-state index in [1.807, 2.05) is 43.3 Å². The Labute approximate surface area is 137 Å². The number of carbonyl (C=O) groups excluding carboxylic acids is 1. The van der Waals surface area contributed by atoms with Crippen LogP contribution in [0.3, 0.4) is 0 Å². The Morgan fingerprint density at radius 1 is 1.26 bits per heavy atom. The molecule has 23 heavy (non-hydrogen) atoms. The number of para-hydroxylation sites is 1. The van der Waals surface area contributed by atoms with Crippen molar-refractivity contribution in [3.8, 4) is 0 Å². The van der Waals surface area contributed by atoms with Gasteiger partial charge in [0.2, 0.25) is 0 Å². The van der Waals surface area contributed by atoms with Gasteiger partial charge in [-0.3, -0.25) is 9.78 Å². The number of nitrogens with one attached hydrogen (secondary N) is 1. The summed E-state index contributed by atoms with van der Waals surface area (Å²) in [4.78, 5) is 19.0. The Morgan fingerprint density at radius 2 is 2.00 bits per heavy atom. The number of carbonyl (C=O) groups is 1. The molecule has 0 aliphatic carbocycles. The molecule has 0 spiro atoms. The fraction of sp³-hybridized carbons (Fsp3) is 0.333. The third-order valence-electron chi connectivity index (χ3n) is 3.87. The van der Waals surface area contributed by atoms with Crippen molar-refractivity contribution in [2.24, 2.45) is 0 Å². The third kappa shape index (κ3) is 4.07. The summed E-state index contributed by atoms with van der Waals surface area (Å²) < 4.78 is 0. The summed E-state index contributed by atoms with van der Waals surface area (Å²) >= 11 is 0. The lowest BCUT2D eigenvalue weighted by molar-refractivity contribution is 0.0561. The molecule has 0 aliphatic heterocycles. The van der Waals surface area contributed by atoms with E-state index in [9.17, 15) is 9.90 Å². The highest BCUT2D eigenvalue weighted by Gasteiger charge is 2.25. The molecule has 5 heteroatoms. The summed E-state index contributed by atoms with van der Waals surface area (Å²) in [5.74, 6) is -0.110. The van der Waals surface area contributed by atoms with Gasteiger partial charge in [-0.15, -0.1) is 0 Å². The van der Waals surface area contributed by atoms with E-state index in [4.69, 9.17) is 0 Å². The SMILES string of the molecule is CC[C@H](CO)N(Cc1ccccn1)C(=O)c1ccccc1NC. The number of amides is 1. The number of rotatable bonds is 7. The summed E-state index contributed by atoms with van der Waals surface area (Å²) in [7, 11) is 1.79. The van der Waals surface area contributed by atoms with Crippen LogP contribution in [0, 0.1) is 0 Å². The van der Waals surface area contributed by atoms with E-state index in [0.29, 0.717) is 18.5 Å². The minimum atomic E-state index is -0.241. The monoisotopic (exact) mass is 313 g/mol. The van der Waals surface area contributed by atoms with Gasteiger partial charge in [0.1, 0.15) is 0 Å². The van der Waals surface area contributed by atoms with Crippen molar-refractivity contribution >= 4 is 11.6 Å². The summed E-state index contributed by atoms with van der Waals surface area (Å²) in [6.07, 6.45) is 2.39. The molecular formula is C18H23N3O2. The maximum atomic E-state index is 13.0. The second-order valence-electron chi connectivity index (χ2n) is 5.29. The molecule has 122 valence electrons. The van der Waals surface area contributed by atoms with E-state index < -0.39 is 0 Å². The topological polar surface area (TPSA) is 65.5 Å². The maximum absolute atomic E-state index is 13.0. The van der Waals surface area contributed by atoms with Gasteiger partial charge in [0.15, 0.2) is 0 Å². The van der Waals surface area contributed by atoms with Crippen molar-refractivity contribution in [3.63, 3.8) is 0 Å². The van der Waals surface area contributed by atoms with Gasteiger partial charge in [0, 0.05) is 18.9 Å². The van der Waals surface area contributed by atoms with Crippen LogP contribution in [-0.2, 0) is 6.54 Å². The second-order valence-corrected chi connectivity index (χ2v) is 5.29. The molecule has 0 aliphatic rings. The number of nitrogens with zero attached hydrogens (tertiary/aromatic N) is 2. The molecule has 2 N–H and O–H groups in total. The van der Waals surface area contributed by atoms with Crippen LogP contribution in [0.2, 0.25) is 0 Å². The van der Waals surface area contributed by atoms with Crippen molar-refractivity contribution in [2.75, 3.05) is 19.0 Å². The first kappa shape index (κ1) is 17.0. The highest BCUT2D eigenvalue weighted by molar-refractivity contribution is 5.99. The standard InChI is InChI=1S/C18H23N3O2/c1-3-15(13-22)21(12-14-8-6-7-11-20-14)18(23)16-9-4-5-10-17(16)19-2/h4-11,15,19,22H,3,12-13H2,1-2H3/t15-/m1/s1. The Kier molecular flexibility index (Phi) is 6.11. The predicted molar refractivity (Wildman–Crippen MR) is 91.3 cm³/mol. The molecule has 1 aromatic carbocycles. The quantitative estimate of drug-likeness (QED) is 0.824. The zero-order chi connectivity index (χ0) is 16.7. The molecule has 1 amide bonds. The Hall–Kier alpha value is -2.40. The van der Waals surface area contributed by atoms with Crippen LogP contribution in [0.4, 0.5) is 5.69 Å². The Balaban J connectivity index is 2.34. The molecule has 0 unspecified atom stereocenters. The first-order valence-electron chi connectivity index (χ1n) is 7.79. The van der Waals surface area contributed by atoms with Crippen molar-refractivity contribution < 1.29 is 9.90 Å². The van der Waals surface area contributed by atoms with Crippen LogP contribution >= 0.6 is 0 Å². The molecule has 1 heterocycles. The first-order chi connectivity index (χ1) is 11.2. The minimum Gasteiger partial charge on any atom is -0.394 e. The minimum absolute atomic E-state index is 0.0726. The number of pyridine rings is 1. The molecule has 0 radical (unpaired) electrons. The van der Waals surface area contributed by atoms with Gasteiger partial charge in [-0.2, -0.15) is 0 Å². The lowest BCUT2D eigenvalue weighted by Gasteiger charge is -2.30. The third-order valence-corrected chi connectivity index (χ3v) is 3.87. The van der Waals surface area contributed by atoms with E-state index >= 15 is 0 Å².